The van der Waals surface area contributed by atoms with Crippen LogP contribution in [0.2, 0.25) is 10.3 Å². The second kappa shape index (κ2) is 5.86. The Hall–Kier alpha value is -1.07. The number of aliphatic carboxylic acids is 1. The Morgan fingerprint density at radius 1 is 1.56 bits per heavy atom. The molecule has 0 aromatic carbocycles. The minimum absolute atomic E-state index is 0.171. The van der Waals surface area contributed by atoms with Crippen LogP contribution in [0, 0.1) is 5.92 Å². The third-order valence-corrected chi connectivity index (χ3v) is 2.56. The van der Waals surface area contributed by atoms with Crippen LogP contribution in [0.4, 0.5) is 5.69 Å². The largest absolute Gasteiger partial charge is 0.481 e. The summed E-state index contributed by atoms with van der Waals surface area (Å²) in [5.41, 5.74) is 0.487. The molecule has 0 aliphatic carbocycles. The van der Waals surface area contributed by atoms with E-state index in [1.807, 2.05) is 0 Å². The second-order valence-electron chi connectivity index (χ2n) is 3.20. The van der Waals surface area contributed by atoms with Gasteiger partial charge in [0.15, 0.2) is 10.3 Å². The lowest BCUT2D eigenvalue weighted by Gasteiger charge is -2.12. The van der Waals surface area contributed by atoms with Crippen molar-refractivity contribution < 1.29 is 9.90 Å². The molecule has 0 saturated heterocycles. The summed E-state index contributed by atoms with van der Waals surface area (Å²) in [6.45, 7) is 2.08. The summed E-state index contributed by atoms with van der Waals surface area (Å²) in [6.07, 6.45) is 0.534. The van der Waals surface area contributed by atoms with Crippen LogP contribution in [0.15, 0.2) is 6.07 Å². The zero-order valence-corrected chi connectivity index (χ0v) is 10.1. The molecule has 0 aliphatic heterocycles. The van der Waals surface area contributed by atoms with Gasteiger partial charge in [0.2, 0.25) is 0 Å². The van der Waals surface area contributed by atoms with Crippen LogP contribution in [-0.4, -0.2) is 27.8 Å². The fourth-order valence-corrected chi connectivity index (χ4v) is 1.42. The highest BCUT2D eigenvalue weighted by Gasteiger charge is 2.15. The Bertz CT molecular complexity index is 387. The van der Waals surface area contributed by atoms with Crippen LogP contribution in [-0.2, 0) is 4.79 Å². The van der Waals surface area contributed by atoms with E-state index >= 15 is 0 Å². The van der Waals surface area contributed by atoms with Crippen molar-refractivity contribution in [1.82, 2.24) is 10.2 Å². The van der Waals surface area contributed by atoms with Gasteiger partial charge in [-0.15, -0.1) is 10.2 Å². The summed E-state index contributed by atoms with van der Waals surface area (Å²) in [4.78, 5) is 10.8. The number of anilines is 1. The van der Waals surface area contributed by atoms with E-state index in [1.165, 1.54) is 6.07 Å². The molecule has 16 heavy (non-hydrogen) atoms. The van der Waals surface area contributed by atoms with Crippen molar-refractivity contribution in [3.05, 3.63) is 16.4 Å². The molecule has 0 bridgehead atoms. The molecule has 0 fully saturated rings. The number of nitrogens with one attached hydrogen (secondary N) is 1. The topological polar surface area (TPSA) is 75.1 Å². The Morgan fingerprint density at radius 2 is 2.25 bits per heavy atom. The minimum Gasteiger partial charge on any atom is -0.481 e. The highest BCUT2D eigenvalue weighted by atomic mass is 35.5. The zero-order chi connectivity index (χ0) is 12.1. The van der Waals surface area contributed by atoms with E-state index in [0.717, 1.165) is 0 Å². The fraction of sp³-hybridized carbons (Fsp3) is 0.444. The molecular formula is C9H11Cl2N3O2. The van der Waals surface area contributed by atoms with E-state index in [1.54, 1.807) is 6.92 Å². The smallest absolute Gasteiger partial charge is 0.308 e. The number of carboxylic acid groups (broad SMARTS) is 1. The maximum atomic E-state index is 10.8. The Morgan fingerprint density at radius 3 is 2.81 bits per heavy atom. The molecule has 1 heterocycles. The molecule has 0 saturated carbocycles. The zero-order valence-electron chi connectivity index (χ0n) is 8.57. The third kappa shape index (κ3) is 3.50. The van der Waals surface area contributed by atoms with E-state index in [4.69, 9.17) is 28.3 Å². The van der Waals surface area contributed by atoms with Crippen molar-refractivity contribution in [2.45, 2.75) is 13.3 Å². The van der Waals surface area contributed by atoms with Crippen LogP contribution in [0.5, 0.6) is 0 Å². The van der Waals surface area contributed by atoms with Gasteiger partial charge >= 0.3 is 5.97 Å². The number of hydrogen-bond acceptors (Lipinski definition) is 4. The van der Waals surface area contributed by atoms with Gasteiger partial charge in [0.05, 0.1) is 11.6 Å². The van der Waals surface area contributed by atoms with Gasteiger partial charge < -0.3 is 10.4 Å². The van der Waals surface area contributed by atoms with Crippen LogP contribution in [0.3, 0.4) is 0 Å². The molecule has 1 unspecified atom stereocenters. The van der Waals surface area contributed by atoms with Gasteiger partial charge in [-0.05, 0) is 6.42 Å². The van der Waals surface area contributed by atoms with Crippen molar-refractivity contribution >= 4 is 34.9 Å². The van der Waals surface area contributed by atoms with Crippen LogP contribution < -0.4 is 5.32 Å². The number of hydrogen-bond donors (Lipinski definition) is 2. The van der Waals surface area contributed by atoms with Gasteiger partial charge in [0.1, 0.15) is 0 Å². The van der Waals surface area contributed by atoms with Crippen molar-refractivity contribution in [2.24, 2.45) is 5.92 Å². The van der Waals surface area contributed by atoms with Gasteiger partial charge in [-0.25, -0.2) is 0 Å². The van der Waals surface area contributed by atoms with E-state index in [0.29, 0.717) is 12.1 Å². The Kier molecular flexibility index (Phi) is 4.76. The SMILES string of the molecule is CCC(CNc1cc(Cl)nnc1Cl)C(=O)O. The predicted octanol–water partition coefficient (Wildman–Crippen LogP) is 2.31. The molecule has 0 radical (unpaired) electrons. The van der Waals surface area contributed by atoms with E-state index < -0.39 is 11.9 Å². The number of aromatic nitrogens is 2. The average molecular weight is 264 g/mol. The van der Waals surface area contributed by atoms with Crippen molar-refractivity contribution in [2.75, 3.05) is 11.9 Å². The number of nitrogens with zero attached hydrogens (tertiary/aromatic N) is 2. The molecule has 7 heteroatoms. The van der Waals surface area contributed by atoms with E-state index in [-0.39, 0.29) is 16.9 Å². The number of carboxylic acids is 1. The lowest BCUT2D eigenvalue weighted by Crippen LogP contribution is -2.22. The van der Waals surface area contributed by atoms with Crippen molar-refractivity contribution in [3.63, 3.8) is 0 Å². The van der Waals surface area contributed by atoms with Gasteiger partial charge in [0, 0.05) is 12.6 Å². The van der Waals surface area contributed by atoms with Crippen molar-refractivity contribution in [3.8, 4) is 0 Å². The predicted molar refractivity (Wildman–Crippen MR) is 62.0 cm³/mol. The maximum absolute atomic E-state index is 10.8. The molecule has 0 spiro atoms. The molecule has 1 atom stereocenters. The molecule has 1 aromatic rings. The first-order chi connectivity index (χ1) is 7.54. The molecule has 5 nitrogen and oxygen atoms in total. The van der Waals surface area contributed by atoms with E-state index in [9.17, 15) is 4.79 Å². The molecule has 2 N–H and O–H groups in total. The van der Waals surface area contributed by atoms with E-state index in [2.05, 4.69) is 15.5 Å². The Balaban J connectivity index is 2.66. The lowest BCUT2D eigenvalue weighted by molar-refractivity contribution is -0.141. The quantitative estimate of drug-likeness (QED) is 0.853. The van der Waals surface area contributed by atoms with Gasteiger partial charge in [0.25, 0.3) is 0 Å². The number of halogens is 2. The van der Waals surface area contributed by atoms with Crippen LogP contribution in [0.25, 0.3) is 0 Å². The van der Waals surface area contributed by atoms with Gasteiger partial charge in [-0.1, -0.05) is 30.1 Å². The first kappa shape index (κ1) is 13.0. The Labute approximate surface area is 103 Å². The summed E-state index contributed by atoms with van der Waals surface area (Å²) in [7, 11) is 0. The number of carbonyl (C=O) groups is 1. The summed E-state index contributed by atoms with van der Waals surface area (Å²) < 4.78 is 0. The highest BCUT2D eigenvalue weighted by Crippen LogP contribution is 2.21. The molecular weight excluding hydrogens is 253 g/mol. The summed E-state index contributed by atoms with van der Waals surface area (Å²) >= 11 is 11.4. The number of rotatable bonds is 5. The first-order valence-electron chi connectivity index (χ1n) is 4.70. The van der Waals surface area contributed by atoms with Crippen molar-refractivity contribution in [1.29, 1.82) is 0 Å². The normalized spacial score (nSPS) is 12.2. The second-order valence-corrected chi connectivity index (χ2v) is 3.94. The molecule has 0 amide bonds. The molecule has 88 valence electrons. The highest BCUT2D eigenvalue weighted by molar-refractivity contribution is 6.33. The average Bonchev–Trinajstić information content (AvgIpc) is 2.23. The van der Waals surface area contributed by atoms with Crippen LogP contribution in [0.1, 0.15) is 13.3 Å². The summed E-state index contributed by atoms with van der Waals surface area (Å²) in [5, 5.41) is 19.3. The maximum Gasteiger partial charge on any atom is 0.308 e. The van der Waals surface area contributed by atoms with Crippen LogP contribution >= 0.6 is 23.2 Å². The molecule has 0 aliphatic rings. The first-order valence-corrected chi connectivity index (χ1v) is 5.45. The third-order valence-electron chi connectivity index (χ3n) is 2.10. The monoisotopic (exact) mass is 263 g/mol. The summed E-state index contributed by atoms with van der Waals surface area (Å²) in [6, 6.07) is 1.51. The van der Waals surface area contributed by atoms with Gasteiger partial charge in [-0.3, -0.25) is 4.79 Å². The standard InChI is InChI=1S/C9H11Cl2N3O2/c1-2-5(9(15)16)4-12-6-3-7(10)13-14-8(6)11/h3,5H,2,4H2,1H3,(H,12,13)(H,15,16). The molecule has 1 rings (SSSR count). The lowest BCUT2D eigenvalue weighted by atomic mass is 10.1. The summed E-state index contributed by atoms with van der Waals surface area (Å²) in [5.74, 6) is -1.32. The fourth-order valence-electron chi connectivity index (χ4n) is 1.12. The minimum atomic E-state index is -0.848. The van der Waals surface area contributed by atoms with Gasteiger partial charge in [-0.2, -0.15) is 0 Å². The molecule has 1 aromatic heterocycles.